The molecule has 1 atom stereocenters. The second-order valence-corrected chi connectivity index (χ2v) is 7.43. The van der Waals surface area contributed by atoms with Crippen LogP contribution in [0.1, 0.15) is 44.9 Å². The minimum absolute atomic E-state index is 0.0139. The zero-order valence-electron chi connectivity index (χ0n) is 12.8. The Bertz CT molecular complexity index is 566. The highest BCUT2D eigenvalue weighted by Gasteiger charge is 2.34. The van der Waals surface area contributed by atoms with Gasteiger partial charge in [-0.2, -0.15) is 4.31 Å². The lowest BCUT2D eigenvalue weighted by Crippen LogP contribution is -2.44. The van der Waals surface area contributed by atoms with Gasteiger partial charge in [0.05, 0.1) is 0 Å². The molecule has 0 aliphatic carbocycles. The summed E-state index contributed by atoms with van der Waals surface area (Å²) >= 11 is 0. The molecular formula is C14H25N3O3S. The number of aliphatic hydroxyl groups excluding tert-OH is 1. The molecule has 1 aromatic heterocycles. The van der Waals surface area contributed by atoms with Crippen LogP contribution in [-0.2, 0) is 16.6 Å². The lowest BCUT2D eigenvalue weighted by atomic mass is 10.0. The minimum atomic E-state index is -3.56. The van der Waals surface area contributed by atoms with Crippen LogP contribution < -0.4 is 0 Å². The van der Waals surface area contributed by atoms with Crippen molar-refractivity contribution in [2.45, 2.75) is 63.6 Å². The highest BCUT2D eigenvalue weighted by Crippen LogP contribution is 2.26. The maximum Gasteiger partial charge on any atom is 0.262 e. The molecule has 1 aliphatic heterocycles. The summed E-state index contributed by atoms with van der Waals surface area (Å²) in [5, 5.41) is 9.29. The van der Waals surface area contributed by atoms with Crippen molar-refractivity contribution in [1.29, 1.82) is 0 Å². The number of aryl methyl sites for hydroxylation is 2. The summed E-state index contributed by atoms with van der Waals surface area (Å²) < 4.78 is 29.0. The molecule has 0 saturated carbocycles. The molecule has 0 bridgehead atoms. The zero-order chi connectivity index (χ0) is 15.5. The summed E-state index contributed by atoms with van der Waals surface area (Å²) in [6, 6.07) is -0.106. The van der Waals surface area contributed by atoms with Gasteiger partial charge in [0.25, 0.3) is 10.0 Å². The van der Waals surface area contributed by atoms with E-state index in [4.69, 9.17) is 5.11 Å². The third-order valence-electron chi connectivity index (χ3n) is 4.03. The Kier molecular flexibility index (Phi) is 5.40. The largest absolute Gasteiger partial charge is 0.396 e. The quantitative estimate of drug-likeness (QED) is 0.864. The van der Waals surface area contributed by atoms with Gasteiger partial charge in [-0.3, -0.25) is 0 Å². The van der Waals surface area contributed by atoms with Crippen molar-refractivity contribution in [3.63, 3.8) is 0 Å². The lowest BCUT2D eigenvalue weighted by Gasteiger charge is -2.33. The third kappa shape index (κ3) is 3.46. The molecule has 2 heterocycles. The van der Waals surface area contributed by atoms with Crippen molar-refractivity contribution in [3.8, 4) is 0 Å². The fourth-order valence-corrected chi connectivity index (χ4v) is 4.64. The molecule has 0 amide bonds. The number of hydrogen-bond donors (Lipinski definition) is 1. The first-order valence-electron chi connectivity index (χ1n) is 7.67. The predicted octanol–water partition coefficient (Wildman–Crippen LogP) is 1.53. The van der Waals surface area contributed by atoms with Crippen LogP contribution in [0.15, 0.2) is 11.2 Å². The number of piperidine rings is 1. The standard InChI is InChI=1S/C14H25N3O3S/c1-3-8-16-11-14(15-12(16)2)21(19,20)17-9-5-4-6-13(17)7-10-18/h11,13,18H,3-10H2,1-2H3. The van der Waals surface area contributed by atoms with E-state index in [1.54, 1.807) is 6.20 Å². The van der Waals surface area contributed by atoms with E-state index >= 15 is 0 Å². The second kappa shape index (κ2) is 6.89. The van der Waals surface area contributed by atoms with E-state index in [0.717, 1.165) is 38.1 Å². The summed E-state index contributed by atoms with van der Waals surface area (Å²) in [6.07, 6.45) is 5.77. The topological polar surface area (TPSA) is 75.4 Å². The van der Waals surface area contributed by atoms with Gasteiger partial charge in [0.15, 0.2) is 5.03 Å². The first-order chi connectivity index (χ1) is 10.0. The van der Waals surface area contributed by atoms with E-state index in [1.807, 2.05) is 11.5 Å². The number of aliphatic hydroxyl groups is 1. The monoisotopic (exact) mass is 315 g/mol. The van der Waals surface area contributed by atoms with Gasteiger partial charge in [-0.25, -0.2) is 13.4 Å². The normalized spacial score (nSPS) is 20.8. The first kappa shape index (κ1) is 16.5. The minimum Gasteiger partial charge on any atom is -0.396 e. The van der Waals surface area contributed by atoms with E-state index in [9.17, 15) is 8.42 Å². The summed E-state index contributed by atoms with van der Waals surface area (Å²) in [5.41, 5.74) is 0. The summed E-state index contributed by atoms with van der Waals surface area (Å²) in [5.74, 6) is 0.728. The predicted molar refractivity (Wildman–Crippen MR) is 80.5 cm³/mol. The van der Waals surface area contributed by atoms with Gasteiger partial charge in [-0.1, -0.05) is 13.3 Å². The van der Waals surface area contributed by atoms with Gasteiger partial charge in [0, 0.05) is 31.9 Å². The highest BCUT2D eigenvalue weighted by atomic mass is 32.2. The summed E-state index contributed by atoms with van der Waals surface area (Å²) in [4.78, 5) is 4.24. The maximum absolute atomic E-state index is 12.8. The molecule has 6 nitrogen and oxygen atoms in total. The van der Waals surface area contributed by atoms with Crippen LogP contribution in [0.3, 0.4) is 0 Å². The molecule has 7 heteroatoms. The van der Waals surface area contributed by atoms with Crippen LogP contribution in [0.2, 0.25) is 0 Å². The molecule has 0 spiro atoms. The second-order valence-electron chi connectivity index (χ2n) is 5.60. The SMILES string of the molecule is CCCn1cc(S(=O)(=O)N2CCCCC2CCO)nc1C. The highest BCUT2D eigenvalue weighted by molar-refractivity contribution is 7.89. The molecule has 1 aromatic rings. The van der Waals surface area contributed by atoms with Crippen molar-refractivity contribution < 1.29 is 13.5 Å². The Hall–Kier alpha value is -0.920. The van der Waals surface area contributed by atoms with Crippen LogP contribution >= 0.6 is 0 Å². The molecule has 0 radical (unpaired) electrons. The van der Waals surface area contributed by atoms with Crippen LogP contribution in [0, 0.1) is 6.92 Å². The molecule has 0 aromatic carbocycles. The number of nitrogens with zero attached hydrogens (tertiary/aromatic N) is 3. The first-order valence-corrected chi connectivity index (χ1v) is 9.11. The van der Waals surface area contributed by atoms with E-state index < -0.39 is 10.0 Å². The summed E-state index contributed by atoms with van der Waals surface area (Å²) in [6.45, 7) is 5.19. The fraction of sp³-hybridized carbons (Fsp3) is 0.786. The lowest BCUT2D eigenvalue weighted by molar-refractivity contribution is 0.192. The Balaban J connectivity index is 2.29. The van der Waals surface area contributed by atoms with Gasteiger partial charge in [0.2, 0.25) is 0 Å². The van der Waals surface area contributed by atoms with E-state index in [-0.39, 0.29) is 17.7 Å². The van der Waals surface area contributed by atoms with Crippen molar-refractivity contribution in [2.24, 2.45) is 0 Å². The van der Waals surface area contributed by atoms with E-state index in [1.165, 1.54) is 4.31 Å². The van der Waals surface area contributed by atoms with Crippen molar-refractivity contribution in [3.05, 3.63) is 12.0 Å². The van der Waals surface area contributed by atoms with Crippen LogP contribution in [0.4, 0.5) is 0 Å². The van der Waals surface area contributed by atoms with Gasteiger partial charge in [-0.15, -0.1) is 0 Å². The number of aromatic nitrogens is 2. The van der Waals surface area contributed by atoms with Crippen LogP contribution in [0.5, 0.6) is 0 Å². The van der Waals surface area contributed by atoms with E-state index in [0.29, 0.717) is 13.0 Å². The van der Waals surface area contributed by atoms with Crippen molar-refractivity contribution >= 4 is 10.0 Å². The molecule has 1 fully saturated rings. The van der Waals surface area contributed by atoms with Crippen LogP contribution in [0.25, 0.3) is 0 Å². The number of imidazole rings is 1. The summed E-state index contributed by atoms with van der Waals surface area (Å²) in [7, 11) is -3.56. The molecule has 21 heavy (non-hydrogen) atoms. The van der Waals surface area contributed by atoms with Gasteiger partial charge >= 0.3 is 0 Å². The van der Waals surface area contributed by atoms with Gasteiger partial charge < -0.3 is 9.67 Å². The third-order valence-corrected chi connectivity index (χ3v) is 5.85. The Morgan fingerprint density at radius 3 is 2.86 bits per heavy atom. The number of rotatable bonds is 6. The molecule has 2 rings (SSSR count). The van der Waals surface area contributed by atoms with Crippen molar-refractivity contribution in [2.75, 3.05) is 13.2 Å². The fourth-order valence-electron chi connectivity index (χ4n) is 2.92. The molecule has 1 aliphatic rings. The molecule has 1 N–H and O–H groups in total. The average molecular weight is 315 g/mol. The van der Waals surface area contributed by atoms with Crippen molar-refractivity contribution in [1.82, 2.24) is 13.9 Å². The molecule has 1 unspecified atom stereocenters. The zero-order valence-corrected chi connectivity index (χ0v) is 13.6. The number of hydrogen-bond acceptors (Lipinski definition) is 4. The van der Waals surface area contributed by atoms with Gasteiger partial charge in [0.1, 0.15) is 5.82 Å². The average Bonchev–Trinajstić information content (AvgIpc) is 2.82. The van der Waals surface area contributed by atoms with Gasteiger partial charge in [-0.05, 0) is 32.6 Å². The smallest absolute Gasteiger partial charge is 0.262 e. The molecule has 120 valence electrons. The molecule has 1 saturated heterocycles. The maximum atomic E-state index is 12.8. The Morgan fingerprint density at radius 2 is 2.19 bits per heavy atom. The number of sulfonamides is 1. The Morgan fingerprint density at radius 1 is 1.43 bits per heavy atom. The molecular weight excluding hydrogens is 290 g/mol. The van der Waals surface area contributed by atoms with Crippen LogP contribution in [-0.4, -0.2) is 46.6 Å². The Labute approximate surface area is 126 Å². The van der Waals surface area contributed by atoms with E-state index in [2.05, 4.69) is 11.9 Å².